The molecule has 1 aromatic carbocycles. The highest BCUT2D eigenvalue weighted by Gasteiger charge is 2.17. The van der Waals surface area contributed by atoms with E-state index in [1.807, 2.05) is 38.1 Å². The molecule has 1 rings (SSSR count). The van der Waals surface area contributed by atoms with E-state index in [0.29, 0.717) is 0 Å². The molecule has 96 valence electrons. The van der Waals surface area contributed by atoms with E-state index in [0.717, 1.165) is 22.9 Å². The molecule has 1 atom stereocenters. The third kappa shape index (κ3) is 5.21. The van der Waals surface area contributed by atoms with Crippen molar-refractivity contribution in [3.63, 3.8) is 0 Å². The number of hydrogen-bond donors (Lipinski definition) is 0. The Morgan fingerprint density at radius 2 is 2.06 bits per heavy atom. The van der Waals surface area contributed by atoms with Crippen molar-refractivity contribution in [2.75, 3.05) is 11.1 Å². The number of hydrogen-bond acceptors (Lipinski definition) is 2. The Hall–Kier alpha value is -0.350. The van der Waals surface area contributed by atoms with Crippen molar-refractivity contribution < 1.29 is 8.42 Å². The molecule has 0 amide bonds. The second-order valence-corrected chi connectivity index (χ2v) is 7.23. The van der Waals surface area contributed by atoms with Crippen LogP contribution in [0.15, 0.2) is 24.3 Å². The van der Waals surface area contributed by atoms with E-state index < -0.39 is 9.84 Å². The fourth-order valence-corrected chi connectivity index (χ4v) is 4.61. The summed E-state index contributed by atoms with van der Waals surface area (Å²) >= 11 is 3.36. The minimum atomic E-state index is -3.00. The van der Waals surface area contributed by atoms with Crippen molar-refractivity contribution >= 4 is 25.8 Å². The second-order valence-electron chi connectivity index (χ2n) is 4.47. The Morgan fingerprint density at radius 3 is 2.59 bits per heavy atom. The van der Waals surface area contributed by atoms with Crippen LogP contribution in [-0.4, -0.2) is 19.5 Å². The molecular weight excluding hydrogens is 300 g/mol. The molecule has 0 saturated heterocycles. The quantitative estimate of drug-likeness (QED) is 0.754. The highest BCUT2D eigenvalue weighted by molar-refractivity contribution is 9.09. The Kier molecular flexibility index (Phi) is 5.67. The number of benzene rings is 1. The van der Waals surface area contributed by atoms with Gasteiger partial charge in [0.15, 0.2) is 9.84 Å². The maximum Gasteiger partial charge on any atom is 0.154 e. The SMILES string of the molecule is CCC(CBr)CS(=O)(=O)Cc1cccc(C)c1. The molecule has 1 aromatic rings. The van der Waals surface area contributed by atoms with Crippen molar-refractivity contribution in [1.29, 1.82) is 0 Å². The molecule has 0 aliphatic carbocycles. The average molecular weight is 319 g/mol. The van der Waals surface area contributed by atoms with Crippen LogP contribution < -0.4 is 0 Å². The van der Waals surface area contributed by atoms with Gasteiger partial charge in [0.2, 0.25) is 0 Å². The standard InChI is InChI=1S/C13H19BrO2S/c1-3-12(8-14)9-17(15,16)10-13-6-4-5-11(2)7-13/h4-7,12H,3,8-10H2,1-2H3. The lowest BCUT2D eigenvalue weighted by Crippen LogP contribution is -2.18. The Balaban J connectivity index is 2.73. The maximum absolute atomic E-state index is 12.0. The van der Waals surface area contributed by atoms with Crippen LogP contribution in [0.25, 0.3) is 0 Å². The zero-order chi connectivity index (χ0) is 12.9. The van der Waals surface area contributed by atoms with Crippen molar-refractivity contribution in [2.24, 2.45) is 5.92 Å². The summed E-state index contributed by atoms with van der Waals surface area (Å²) in [5.41, 5.74) is 1.99. The van der Waals surface area contributed by atoms with E-state index in [-0.39, 0.29) is 17.4 Å². The van der Waals surface area contributed by atoms with E-state index in [9.17, 15) is 8.42 Å². The van der Waals surface area contributed by atoms with Gasteiger partial charge in [-0.3, -0.25) is 0 Å². The third-order valence-corrected chi connectivity index (χ3v) is 5.42. The molecule has 0 aliphatic heterocycles. The monoisotopic (exact) mass is 318 g/mol. The van der Waals surface area contributed by atoms with Crippen LogP contribution in [0.2, 0.25) is 0 Å². The van der Waals surface area contributed by atoms with Gasteiger partial charge < -0.3 is 0 Å². The van der Waals surface area contributed by atoms with Gasteiger partial charge >= 0.3 is 0 Å². The summed E-state index contributed by atoms with van der Waals surface area (Å²) < 4.78 is 24.0. The summed E-state index contributed by atoms with van der Waals surface area (Å²) in [6.45, 7) is 4.00. The van der Waals surface area contributed by atoms with Crippen LogP contribution >= 0.6 is 15.9 Å². The van der Waals surface area contributed by atoms with Crippen LogP contribution in [0.4, 0.5) is 0 Å². The number of alkyl halides is 1. The zero-order valence-electron chi connectivity index (χ0n) is 10.3. The van der Waals surface area contributed by atoms with Crippen LogP contribution in [-0.2, 0) is 15.6 Å². The average Bonchev–Trinajstić information content (AvgIpc) is 2.25. The van der Waals surface area contributed by atoms with Gasteiger partial charge in [0, 0.05) is 5.33 Å². The number of sulfone groups is 1. The second kappa shape index (κ2) is 6.55. The summed E-state index contributed by atoms with van der Waals surface area (Å²) in [4.78, 5) is 0. The maximum atomic E-state index is 12.0. The number of aryl methyl sites for hydroxylation is 1. The predicted molar refractivity (Wildman–Crippen MR) is 76.2 cm³/mol. The Labute approximate surface area is 112 Å². The lowest BCUT2D eigenvalue weighted by atomic mass is 10.2. The van der Waals surface area contributed by atoms with E-state index >= 15 is 0 Å². The fraction of sp³-hybridized carbons (Fsp3) is 0.538. The van der Waals surface area contributed by atoms with E-state index in [1.165, 1.54) is 0 Å². The molecule has 4 heteroatoms. The van der Waals surface area contributed by atoms with E-state index in [4.69, 9.17) is 0 Å². The smallest absolute Gasteiger partial charge is 0.154 e. The van der Waals surface area contributed by atoms with E-state index in [1.54, 1.807) is 0 Å². The zero-order valence-corrected chi connectivity index (χ0v) is 12.7. The normalized spacial score (nSPS) is 13.6. The molecule has 0 bridgehead atoms. The van der Waals surface area contributed by atoms with Gasteiger partial charge in [-0.15, -0.1) is 0 Å². The summed E-state index contributed by atoms with van der Waals surface area (Å²) in [7, 11) is -3.00. The molecule has 0 aliphatic rings. The number of halogens is 1. The first-order chi connectivity index (χ1) is 7.96. The van der Waals surface area contributed by atoms with Crippen molar-refractivity contribution in [3.8, 4) is 0 Å². The van der Waals surface area contributed by atoms with Gasteiger partial charge in [-0.25, -0.2) is 8.42 Å². The van der Waals surface area contributed by atoms with Gasteiger partial charge in [0.25, 0.3) is 0 Å². The fourth-order valence-electron chi connectivity index (χ4n) is 1.75. The minimum Gasteiger partial charge on any atom is -0.228 e. The van der Waals surface area contributed by atoms with Gasteiger partial charge in [0.05, 0.1) is 11.5 Å². The lowest BCUT2D eigenvalue weighted by molar-refractivity contribution is 0.568. The number of rotatable bonds is 6. The van der Waals surface area contributed by atoms with Crippen molar-refractivity contribution in [2.45, 2.75) is 26.0 Å². The third-order valence-electron chi connectivity index (χ3n) is 2.75. The molecule has 0 radical (unpaired) electrons. The van der Waals surface area contributed by atoms with Gasteiger partial charge in [-0.2, -0.15) is 0 Å². The first-order valence-corrected chi connectivity index (χ1v) is 8.73. The summed E-state index contributed by atoms with van der Waals surface area (Å²) in [6, 6.07) is 7.69. The topological polar surface area (TPSA) is 34.1 Å². The highest BCUT2D eigenvalue weighted by Crippen LogP contribution is 2.15. The summed E-state index contributed by atoms with van der Waals surface area (Å²) in [5, 5.41) is 0.747. The molecule has 0 N–H and O–H groups in total. The Morgan fingerprint density at radius 1 is 1.35 bits per heavy atom. The summed E-state index contributed by atoms with van der Waals surface area (Å²) in [5.74, 6) is 0.630. The van der Waals surface area contributed by atoms with Gasteiger partial charge in [-0.05, 0) is 18.4 Å². The van der Waals surface area contributed by atoms with Crippen LogP contribution in [0.3, 0.4) is 0 Å². The molecule has 17 heavy (non-hydrogen) atoms. The van der Waals surface area contributed by atoms with Crippen molar-refractivity contribution in [1.82, 2.24) is 0 Å². The van der Waals surface area contributed by atoms with Crippen molar-refractivity contribution in [3.05, 3.63) is 35.4 Å². The molecular formula is C13H19BrO2S. The lowest BCUT2D eigenvalue weighted by Gasteiger charge is -2.12. The molecule has 0 spiro atoms. The first-order valence-electron chi connectivity index (χ1n) is 5.78. The largest absolute Gasteiger partial charge is 0.228 e. The highest BCUT2D eigenvalue weighted by atomic mass is 79.9. The van der Waals surface area contributed by atoms with Crippen LogP contribution in [0, 0.1) is 12.8 Å². The van der Waals surface area contributed by atoms with Crippen LogP contribution in [0.5, 0.6) is 0 Å². The van der Waals surface area contributed by atoms with Crippen LogP contribution in [0.1, 0.15) is 24.5 Å². The Bertz CT molecular complexity index is 450. The molecule has 1 unspecified atom stereocenters. The molecule has 2 nitrogen and oxygen atoms in total. The van der Waals surface area contributed by atoms with Gasteiger partial charge in [0.1, 0.15) is 0 Å². The van der Waals surface area contributed by atoms with E-state index in [2.05, 4.69) is 15.9 Å². The molecule has 0 fully saturated rings. The molecule has 0 aromatic heterocycles. The minimum absolute atomic E-state index is 0.151. The summed E-state index contributed by atoms with van der Waals surface area (Å²) in [6.07, 6.45) is 0.887. The predicted octanol–water partition coefficient (Wildman–Crippen LogP) is 3.33. The molecule has 0 heterocycles. The molecule has 0 saturated carbocycles. The first kappa shape index (κ1) is 14.7. The van der Waals surface area contributed by atoms with Gasteiger partial charge in [-0.1, -0.05) is 59.1 Å².